The zero-order chi connectivity index (χ0) is 14.5. The predicted molar refractivity (Wildman–Crippen MR) is 84.0 cm³/mol. The van der Waals surface area contributed by atoms with E-state index in [2.05, 4.69) is 15.9 Å². The van der Waals surface area contributed by atoms with Gasteiger partial charge >= 0.3 is 0 Å². The lowest BCUT2D eigenvalue weighted by molar-refractivity contribution is -0.117. The molecule has 2 rings (SSSR count). The molecule has 1 heterocycles. The van der Waals surface area contributed by atoms with Crippen LogP contribution < -0.4 is 9.47 Å². The third-order valence-corrected chi connectivity index (χ3v) is 4.47. The minimum atomic E-state index is 0.187. The highest BCUT2D eigenvalue weighted by Gasteiger charge is 2.10. The van der Waals surface area contributed by atoms with Crippen LogP contribution in [-0.4, -0.2) is 20.0 Å². The second-order valence-electron chi connectivity index (χ2n) is 4.29. The lowest BCUT2D eigenvalue weighted by Gasteiger charge is -2.09. The molecule has 0 aliphatic heterocycles. The number of hydrogen-bond donors (Lipinski definition) is 0. The quantitative estimate of drug-likeness (QED) is 0.789. The van der Waals surface area contributed by atoms with Crippen LogP contribution in [0.1, 0.15) is 10.4 Å². The Kier molecular flexibility index (Phi) is 5.20. The molecule has 0 saturated heterocycles. The zero-order valence-electron chi connectivity index (χ0n) is 11.3. The summed E-state index contributed by atoms with van der Waals surface area (Å²) in [6.45, 7) is 0. The Bertz CT molecular complexity index is 607. The SMILES string of the molecule is COc1ccc(CC(=O)Cc2ccc(Br)s2)cc1OC. The highest BCUT2D eigenvalue weighted by molar-refractivity contribution is 9.11. The number of carbonyl (C=O) groups excluding carboxylic acids is 1. The van der Waals surface area contributed by atoms with E-state index < -0.39 is 0 Å². The van der Waals surface area contributed by atoms with E-state index in [0.29, 0.717) is 24.3 Å². The minimum Gasteiger partial charge on any atom is -0.493 e. The molecule has 0 radical (unpaired) electrons. The van der Waals surface area contributed by atoms with Gasteiger partial charge in [0.15, 0.2) is 11.5 Å². The molecule has 0 N–H and O–H groups in total. The molecule has 0 aliphatic carbocycles. The molecule has 20 heavy (non-hydrogen) atoms. The number of ketones is 1. The topological polar surface area (TPSA) is 35.5 Å². The molecule has 0 fully saturated rings. The van der Waals surface area contributed by atoms with Gasteiger partial charge in [0.2, 0.25) is 0 Å². The summed E-state index contributed by atoms with van der Waals surface area (Å²) in [6, 6.07) is 9.50. The van der Waals surface area contributed by atoms with Crippen molar-refractivity contribution in [1.82, 2.24) is 0 Å². The van der Waals surface area contributed by atoms with Crippen molar-refractivity contribution in [3.05, 3.63) is 44.6 Å². The summed E-state index contributed by atoms with van der Waals surface area (Å²) in [5.74, 6) is 1.51. The molecule has 3 nitrogen and oxygen atoms in total. The number of Topliss-reactive ketones (excluding diaryl/α,β-unsaturated/α-hetero) is 1. The number of rotatable bonds is 6. The molecular weight excluding hydrogens is 340 g/mol. The molecule has 5 heteroatoms. The number of ether oxygens (including phenoxy) is 2. The Labute approximate surface area is 130 Å². The molecule has 106 valence electrons. The van der Waals surface area contributed by atoms with Gasteiger partial charge < -0.3 is 9.47 Å². The first-order chi connectivity index (χ1) is 9.62. The van der Waals surface area contributed by atoms with Crippen LogP contribution in [0.4, 0.5) is 0 Å². The number of hydrogen-bond acceptors (Lipinski definition) is 4. The van der Waals surface area contributed by atoms with Gasteiger partial charge in [-0.3, -0.25) is 4.79 Å². The summed E-state index contributed by atoms with van der Waals surface area (Å²) in [4.78, 5) is 13.1. The van der Waals surface area contributed by atoms with Crippen molar-refractivity contribution < 1.29 is 14.3 Å². The molecule has 1 aromatic heterocycles. The fourth-order valence-electron chi connectivity index (χ4n) is 1.92. The molecule has 0 aliphatic rings. The molecule has 0 bridgehead atoms. The number of thiophene rings is 1. The third-order valence-electron chi connectivity index (χ3n) is 2.85. The molecule has 0 saturated carbocycles. The first-order valence-corrected chi connectivity index (χ1v) is 7.70. The second kappa shape index (κ2) is 6.90. The maximum Gasteiger partial charge on any atom is 0.161 e. The third kappa shape index (κ3) is 3.84. The fraction of sp³-hybridized carbons (Fsp3) is 0.267. The van der Waals surface area contributed by atoms with Crippen molar-refractivity contribution in [1.29, 1.82) is 0 Å². The number of halogens is 1. The van der Waals surface area contributed by atoms with Crippen molar-refractivity contribution in [3.8, 4) is 11.5 Å². The highest BCUT2D eigenvalue weighted by Crippen LogP contribution is 2.28. The maximum absolute atomic E-state index is 12.1. The fourth-order valence-corrected chi connectivity index (χ4v) is 3.43. The number of methoxy groups -OCH3 is 2. The monoisotopic (exact) mass is 354 g/mol. The predicted octanol–water partition coefficient (Wildman–Crippen LogP) is 3.88. The van der Waals surface area contributed by atoms with E-state index in [1.54, 1.807) is 25.6 Å². The lowest BCUT2D eigenvalue weighted by atomic mass is 10.1. The first kappa shape index (κ1) is 15.1. The summed E-state index contributed by atoms with van der Waals surface area (Å²) < 4.78 is 11.5. The molecule has 0 spiro atoms. The standard InChI is InChI=1S/C15H15BrO3S/c1-18-13-5-3-10(8-14(13)19-2)7-11(17)9-12-4-6-15(16)20-12/h3-6,8H,7,9H2,1-2H3. The average molecular weight is 355 g/mol. The van der Waals surface area contributed by atoms with Crippen LogP contribution in [-0.2, 0) is 17.6 Å². The van der Waals surface area contributed by atoms with Gasteiger partial charge in [-0.2, -0.15) is 0 Å². The Hall–Kier alpha value is -1.33. The van der Waals surface area contributed by atoms with Crippen LogP contribution in [0, 0.1) is 0 Å². The molecule has 1 aromatic carbocycles. The van der Waals surface area contributed by atoms with E-state index in [1.165, 1.54) is 0 Å². The molecule has 0 unspecified atom stereocenters. The Morgan fingerprint density at radius 2 is 1.85 bits per heavy atom. The van der Waals surface area contributed by atoms with Crippen LogP contribution >= 0.6 is 27.3 Å². The van der Waals surface area contributed by atoms with E-state index >= 15 is 0 Å². The van der Waals surface area contributed by atoms with Crippen molar-refractivity contribution in [2.45, 2.75) is 12.8 Å². The Morgan fingerprint density at radius 1 is 1.10 bits per heavy atom. The summed E-state index contributed by atoms with van der Waals surface area (Å²) in [5.41, 5.74) is 0.934. The summed E-state index contributed by atoms with van der Waals surface area (Å²) >= 11 is 4.99. The van der Waals surface area contributed by atoms with Gasteiger partial charge in [0.05, 0.1) is 18.0 Å². The molecule has 0 amide bonds. The second-order valence-corrected chi connectivity index (χ2v) is 6.83. The van der Waals surface area contributed by atoms with Gasteiger partial charge in [-0.05, 0) is 45.8 Å². The molecule has 2 aromatic rings. The van der Waals surface area contributed by atoms with Crippen LogP contribution in [0.15, 0.2) is 34.1 Å². The van der Waals surface area contributed by atoms with E-state index in [1.807, 2.05) is 30.3 Å². The Morgan fingerprint density at radius 3 is 2.45 bits per heavy atom. The van der Waals surface area contributed by atoms with Crippen LogP contribution in [0.5, 0.6) is 11.5 Å². The van der Waals surface area contributed by atoms with Crippen molar-refractivity contribution in [3.63, 3.8) is 0 Å². The lowest BCUT2D eigenvalue weighted by Crippen LogP contribution is -2.05. The van der Waals surface area contributed by atoms with Gasteiger partial charge in [0.1, 0.15) is 5.78 Å². The van der Waals surface area contributed by atoms with Crippen molar-refractivity contribution >= 4 is 33.0 Å². The summed E-state index contributed by atoms with van der Waals surface area (Å²) in [6.07, 6.45) is 0.862. The highest BCUT2D eigenvalue weighted by atomic mass is 79.9. The maximum atomic E-state index is 12.1. The summed E-state index contributed by atoms with van der Waals surface area (Å²) in [5, 5.41) is 0. The Balaban J connectivity index is 2.04. The van der Waals surface area contributed by atoms with Gasteiger partial charge in [-0.15, -0.1) is 11.3 Å². The van der Waals surface area contributed by atoms with Gasteiger partial charge in [0.25, 0.3) is 0 Å². The average Bonchev–Trinajstić information content (AvgIpc) is 2.83. The van der Waals surface area contributed by atoms with Gasteiger partial charge in [0, 0.05) is 17.7 Å². The van der Waals surface area contributed by atoms with E-state index in [-0.39, 0.29) is 5.78 Å². The molecule has 0 atom stereocenters. The minimum absolute atomic E-state index is 0.187. The smallest absolute Gasteiger partial charge is 0.161 e. The van der Waals surface area contributed by atoms with Crippen molar-refractivity contribution in [2.75, 3.05) is 14.2 Å². The van der Waals surface area contributed by atoms with Crippen LogP contribution in [0.25, 0.3) is 0 Å². The first-order valence-electron chi connectivity index (χ1n) is 6.09. The number of carbonyl (C=O) groups is 1. The summed E-state index contributed by atoms with van der Waals surface area (Å²) in [7, 11) is 3.18. The van der Waals surface area contributed by atoms with Crippen molar-refractivity contribution in [2.24, 2.45) is 0 Å². The van der Waals surface area contributed by atoms with E-state index in [4.69, 9.17) is 9.47 Å². The van der Waals surface area contributed by atoms with Crippen LogP contribution in [0.3, 0.4) is 0 Å². The zero-order valence-corrected chi connectivity index (χ0v) is 13.7. The van der Waals surface area contributed by atoms with E-state index in [9.17, 15) is 4.79 Å². The van der Waals surface area contributed by atoms with E-state index in [0.717, 1.165) is 14.2 Å². The normalized spacial score (nSPS) is 10.3. The largest absolute Gasteiger partial charge is 0.493 e. The number of benzene rings is 1. The molecular formula is C15H15BrO3S. The van der Waals surface area contributed by atoms with Gasteiger partial charge in [-0.1, -0.05) is 6.07 Å². The van der Waals surface area contributed by atoms with Crippen LogP contribution in [0.2, 0.25) is 0 Å². The van der Waals surface area contributed by atoms with Gasteiger partial charge in [-0.25, -0.2) is 0 Å².